The first kappa shape index (κ1) is 13.4. The third kappa shape index (κ3) is 2.69. The minimum atomic E-state index is -4.93. The number of aromatic nitrogens is 2. The Bertz CT molecular complexity index is 524. The molecule has 2 heterocycles. The van der Waals surface area contributed by atoms with Crippen LogP contribution in [0.2, 0.25) is 0 Å². The molecule has 0 saturated heterocycles. The third-order valence-corrected chi connectivity index (χ3v) is 2.76. The molecule has 0 bridgehead atoms. The number of hydrogen-bond acceptors (Lipinski definition) is 3. The van der Waals surface area contributed by atoms with Crippen LogP contribution in [-0.2, 0) is 17.9 Å². The Labute approximate surface area is 105 Å². The molecule has 9 heteroatoms. The molecule has 104 valence electrons. The molecule has 0 radical (unpaired) electrons. The van der Waals surface area contributed by atoms with Crippen molar-refractivity contribution in [1.82, 2.24) is 14.7 Å². The molecule has 2 rings (SSSR count). The maximum atomic E-state index is 12.4. The second kappa shape index (κ2) is 4.56. The van der Waals surface area contributed by atoms with Crippen LogP contribution < -0.4 is 0 Å². The number of amides is 1. The Morgan fingerprint density at radius 3 is 2.58 bits per heavy atom. The van der Waals surface area contributed by atoms with Gasteiger partial charge in [-0.25, -0.2) is 4.79 Å². The molecule has 0 aromatic carbocycles. The molecule has 6 nitrogen and oxygen atoms in total. The van der Waals surface area contributed by atoms with E-state index in [1.807, 2.05) is 0 Å². The number of fused-ring (bicyclic) bond motifs is 1. The van der Waals surface area contributed by atoms with Gasteiger partial charge >= 0.3 is 18.1 Å². The molecule has 0 saturated carbocycles. The number of rotatable bonds is 1. The maximum absolute atomic E-state index is 12.4. The van der Waals surface area contributed by atoms with Crippen molar-refractivity contribution >= 4 is 11.9 Å². The lowest BCUT2D eigenvalue weighted by atomic mass is 10.3. The number of alkyl halides is 3. The van der Waals surface area contributed by atoms with Crippen molar-refractivity contribution in [3.8, 4) is 0 Å². The summed E-state index contributed by atoms with van der Waals surface area (Å²) in [7, 11) is 0. The number of aromatic carboxylic acids is 1. The summed E-state index contributed by atoms with van der Waals surface area (Å²) in [6.45, 7) is -0.0486. The number of hydrogen-bond donors (Lipinski definition) is 1. The maximum Gasteiger partial charge on any atom is 0.471 e. The summed E-state index contributed by atoms with van der Waals surface area (Å²) in [6, 6.07) is 1.18. The zero-order valence-corrected chi connectivity index (χ0v) is 9.65. The summed E-state index contributed by atoms with van der Waals surface area (Å²) in [5, 5.41) is 12.5. The molecule has 0 unspecified atom stereocenters. The summed E-state index contributed by atoms with van der Waals surface area (Å²) in [5.41, 5.74) is 0.0452. The molecule has 19 heavy (non-hydrogen) atoms. The molecule has 0 fully saturated rings. The number of carboxylic acid groups (broad SMARTS) is 1. The van der Waals surface area contributed by atoms with Crippen LogP contribution >= 0.6 is 0 Å². The molecule has 1 aliphatic rings. The zero-order valence-electron chi connectivity index (χ0n) is 9.65. The van der Waals surface area contributed by atoms with Crippen LogP contribution in [0.3, 0.4) is 0 Å². The lowest BCUT2D eigenvalue weighted by molar-refractivity contribution is -0.186. The minimum Gasteiger partial charge on any atom is -0.476 e. The van der Waals surface area contributed by atoms with Gasteiger partial charge in [-0.15, -0.1) is 0 Å². The summed E-state index contributed by atoms with van der Waals surface area (Å²) < 4.78 is 38.4. The van der Waals surface area contributed by atoms with Crippen LogP contribution in [0.25, 0.3) is 0 Å². The van der Waals surface area contributed by atoms with Gasteiger partial charge in [0.2, 0.25) is 0 Å². The minimum absolute atomic E-state index is 0.0376. The molecular formula is C10H10F3N3O3. The molecule has 1 amide bonds. The Morgan fingerprint density at radius 2 is 2.00 bits per heavy atom. The van der Waals surface area contributed by atoms with E-state index in [2.05, 4.69) is 5.10 Å². The van der Waals surface area contributed by atoms with Crippen LogP contribution in [0.4, 0.5) is 13.2 Å². The van der Waals surface area contributed by atoms with Crippen molar-refractivity contribution in [2.45, 2.75) is 25.7 Å². The average Bonchev–Trinajstić information content (AvgIpc) is 2.60. The Balaban J connectivity index is 2.25. The van der Waals surface area contributed by atoms with Crippen molar-refractivity contribution in [2.24, 2.45) is 0 Å². The van der Waals surface area contributed by atoms with E-state index in [1.165, 1.54) is 10.7 Å². The number of carbonyl (C=O) groups is 2. The van der Waals surface area contributed by atoms with Gasteiger partial charge in [0, 0.05) is 13.1 Å². The van der Waals surface area contributed by atoms with Gasteiger partial charge in [0.1, 0.15) is 0 Å². The van der Waals surface area contributed by atoms with E-state index < -0.39 is 18.1 Å². The van der Waals surface area contributed by atoms with Crippen molar-refractivity contribution in [2.75, 3.05) is 6.54 Å². The first-order chi connectivity index (χ1) is 8.79. The standard InChI is InChI=1S/C10H10F3N3O3/c11-10(12,13)9(19)15-2-1-3-16-6(5-15)4-7(14-16)8(17)18/h4H,1-3,5H2,(H,17,18). The van der Waals surface area contributed by atoms with Crippen molar-refractivity contribution in [3.05, 3.63) is 17.5 Å². The quantitative estimate of drug-likeness (QED) is 0.826. The lowest BCUT2D eigenvalue weighted by Crippen LogP contribution is -2.40. The average molecular weight is 277 g/mol. The van der Waals surface area contributed by atoms with Crippen molar-refractivity contribution in [1.29, 1.82) is 0 Å². The van der Waals surface area contributed by atoms with Gasteiger partial charge in [0.15, 0.2) is 5.69 Å². The van der Waals surface area contributed by atoms with E-state index >= 15 is 0 Å². The summed E-state index contributed by atoms with van der Waals surface area (Å²) >= 11 is 0. The molecule has 1 aromatic rings. The van der Waals surface area contributed by atoms with Crippen molar-refractivity contribution in [3.63, 3.8) is 0 Å². The van der Waals surface area contributed by atoms with E-state index in [1.54, 1.807) is 0 Å². The van der Waals surface area contributed by atoms with Gasteiger partial charge in [-0.05, 0) is 12.5 Å². The van der Waals surface area contributed by atoms with E-state index in [0.717, 1.165) is 0 Å². The first-order valence-corrected chi connectivity index (χ1v) is 5.45. The van der Waals surface area contributed by atoms with Crippen LogP contribution in [0.15, 0.2) is 6.07 Å². The Hall–Kier alpha value is -2.06. The highest BCUT2D eigenvalue weighted by Crippen LogP contribution is 2.22. The van der Waals surface area contributed by atoms with Crippen LogP contribution in [0.5, 0.6) is 0 Å². The summed E-state index contributed by atoms with van der Waals surface area (Å²) in [4.78, 5) is 22.6. The van der Waals surface area contributed by atoms with Crippen molar-refractivity contribution < 1.29 is 27.9 Å². The van der Waals surface area contributed by atoms with Gasteiger partial charge in [-0.2, -0.15) is 18.3 Å². The Kier molecular flexibility index (Phi) is 3.21. The second-order valence-electron chi connectivity index (χ2n) is 4.13. The van der Waals surface area contributed by atoms with Gasteiger partial charge in [-0.1, -0.05) is 0 Å². The van der Waals surface area contributed by atoms with E-state index in [0.29, 0.717) is 4.90 Å². The fraction of sp³-hybridized carbons (Fsp3) is 0.500. The highest BCUT2D eigenvalue weighted by atomic mass is 19.4. The van der Waals surface area contributed by atoms with Gasteiger partial charge in [-0.3, -0.25) is 9.48 Å². The van der Waals surface area contributed by atoms with Gasteiger partial charge < -0.3 is 10.0 Å². The second-order valence-corrected chi connectivity index (χ2v) is 4.13. The highest BCUT2D eigenvalue weighted by Gasteiger charge is 2.42. The number of aryl methyl sites for hydroxylation is 1. The predicted molar refractivity (Wildman–Crippen MR) is 55.3 cm³/mol. The molecule has 1 aliphatic heterocycles. The van der Waals surface area contributed by atoms with Crippen LogP contribution in [0, 0.1) is 0 Å². The van der Waals surface area contributed by atoms with Crippen LogP contribution in [-0.4, -0.2) is 44.4 Å². The SMILES string of the molecule is O=C(O)c1cc2n(n1)CCCN(C(=O)C(F)(F)F)C2. The Morgan fingerprint density at radius 1 is 1.32 bits per heavy atom. The number of carbonyl (C=O) groups excluding carboxylic acids is 1. The lowest BCUT2D eigenvalue weighted by Gasteiger charge is -2.20. The van der Waals surface area contributed by atoms with Gasteiger partial charge in [0.25, 0.3) is 0 Å². The molecular weight excluding hydrogens is 267 g/mol. The monoisotopic (exact) mass is 277 g/mol. The number of carboxylic acids is 1. The largest absolute Gasteiger partial charge is 0.476 e. The summed E-state index contributed by atoms with van der Waals surface area (Å²) in [5.74, 6) is -3.17. The molecule has 0 aliphatic carbocycles. The molecule has 0 spiro atoms. The van der Waals surface area contributed by atoms with E-state index in [-0.39, 0.29) is 37.4 Å². The predicted octanol–water partition coefficient (Wildman–Crippen LogP) is 0.876. The molecule has 1 N–H and O–H groups in total. The topological polar surface area (TPSA) is 75.4 Å². The van der Waals surface area contributed by atoms with Gasteiger partial charge in [0.05, 0.1) is 12.2 Å². The normalized spacial score (nSPS) is 15.8. The van der Waals surface area contributed by atoms with E-state index in [4.69, 9.17) is 5.11 Å². The molecule has 0 atom stereocenters. The fourth-order valence-electron chi connectivity index (χ4n) is 1.92. The number of nitrogens with zero attached hydrogens (tertiary/aromatic N) is 3. The zero-order chi connectivity index (χ0) is 14.2. The smallest absolute Gasteiger partial charge is 0.471 e. The molecule has 1 aromatic heterocycles. The van der Waals surface area contributed by atoms with Crippen LogP contribution in [0.1, 0.15) is 22.6 Å². The first-order valence-electron chi connectivity index (χ1n) is 5.45. The fourth-order valence-corrected chi connectivity index (χ4v) is 1.92. The highest BCUT2D eigenvalue weighted by molar-refractivity contribution is 5.85. The van der Waals surface area contributed by atoms with E-state index in [9.17, 15) is 22.8 Å². The number of halogens is 3. The third-order valence-electron chi connectivity index (χ3n) is 2.76. The summed E-state index contributed by atoms with van der Waals surface area (Å²) in [6.07, 6.45) is -4.64.